The number of pyridine rings is 2. The van der Waals surface area contributed by atoms with Crippen molar-refractivity contribution in [3.8, 4) is 45.0 Å². The van der Waals surface area contributed by atoms with E-state index in [9.17, 15) is 0 Å². The largest absolute Gasteiger partial charge is 0.256 e. The second-order valence-electron chi connectivity index (χ2n) is 12.3. The van der Waals surface area contributed by atoms with Gasteiger partial charge in [-0.3, -0.25) is 9.97 Å². The first kappa shape index (κ1) is 31.4. The molecule has 0 fully saturated rings. The number of fused-ring (bicyclic) bond motifs is 2. The number of hydrogen-bond donors (Lipinski definition) is 0. The summed E-state index contributed by atoms with van der Waals surface area (Å²) in [5.41, 5.74) is 11.0. The van der Waals surface area contributed by atoms with Crippen LogP contribution in [0.4, 0.5) is 0 Å². The van der Waals surface area contributed by atoms with Gasteiger partial charge in [0.1, 0.15) is 0 Å². The highest BCUT2D eigenvalue weighted by molar-refractivity contribution is 5.95. The van der Waals surface area contributed by atoms with Crippen LogP contribution in [0.1, 0.15) is 18.3 Å². The lowest BCUT2D eigenvalue weighted by Gasteiger charge is -2.10. The van der Waals surface area contributed by atoms with Crippen LogP contribution in [-0.2, 0) is 0 Å². The van der Waals surface area contributed by atoms with Crippen LogP contribution < -0.4 is 0 Å². The molecule has 51 heavy (non-hydrogen) atoms. The summed E-state index contributed by atoms with van der Waals surface area (Å²) in [6.07, 6.45) is 9.61. The molecule has 0 radical (unpaired) electrons. The average molecular weight is 656 g/mol. The zero-order valence-electron chi connectivity index (χ0n) is 28.1. The van der Waals surface area contributed by atoms with Crippen LogP contribution in [0.3, 0.4) is 0 Å². The molecular weight excluding hydrogens is 623 g/mol. The fraction of sp³-hybridized carbons (Fsp3) is 0.0217. The minimum atomic E-state index is 0.597. The van der Waals surface area contributed by atoms with Gasteiger partial charge in [0.15, 0.2) is 17.5 Å². The summed E-state index contributed by atoms with van der Waals surface area (Å²) >= 11 is 0. The predicted molar refractivity (Wildman–Crippen MR) is 210 cm³/mol. The van der Waals surface area contributed by atoms with Gasteiger partial charge in [0.2, 0.25) is 0 Å². The summed E-state index contributed by atoms with van der Waals surface area (Å²) < 4.78 is 0. The third kappa shape index (κ3) is 6.48. The molecule has 0 atom stereocenters. The molecule has 0 bridgehead atoms. The Morgan fingerprint density at radius 2 is 1.04 bits per heavy atom. The minimum absolute atomic E-state index is 0.597. The van der Waals surface area contributed by atoms with Gasteiger partial charge in [-0.05, 0) is 46.9 Å². The van der Waals surface area contributed by atoms with Gasteiger partial charge < -0.3 is 0 Å². The van der Waals surface area contributed by atoms with E-state index in [-0.39, 0.29) is 0 Å². The topological polar surface area (TPSA) is 64.5 Å². The standard InChI is InChI=1S/C46H33N5/c1-3-32(40-17-7-13-36-15-9-29-47-42(36)40)20-19-31(2)44-49-45(38-25-21-34(22-26-38)33-11-5-4-6-12-33)51-46(50-44)39-27-23-35(24-28-39)41-18-8-14-37-16-10-30-48-43(37)41/h3-30H,1H2,2H3/b31-19+,32-20+. The normalized spacial score (nSPS) is 11.9. The van der Waals surface area contributed by atoms with Crippen LogP contribution in [0.2, 0.25) is 0 Å². The Morgan fingerprint density at radius 1 is 0.490 bits per heavy atom. The van der Waals surface area contributed by atoms with Crippen molar-refractivity contribution >= 4 is 33.0 Å². The van der Waals surface area contributed by atoms with Crippen molar-refractivity contribution in [3.05, 3.63) is 188 Å². The fourth-order valence-corrected chi connectivity index (χ4v) is 6.28. The lowest BCUT2D eigenvalue weighted by atomic mass is 10.0. The number of rotatable bonds is 8. The molecule has 8 rings (SSSR count). The quantitative estimate of drug-likeness (QED) is 0.152. The molecule has 242 valence electrons. The molecule has 3 aromatic heterocycles. The first-order valence-electron chi connectivity index (χ1n) is 16.9. The van der Waals surface area contributed by atoms with E-state index in [4.69, 9.17) is 15.0 Å². The van der Waals surface area contributed by atoms with Crippen molar-refractivity contribution in [1.82, 2.24) is 24.9 Å². The number of allylic oxidation sites excluding steroid dienone is 5. The van der Waals surface area contributed by atoms with Crippen molar-refractivity contribution < 1.29 is 0 Å². The van der Waals surface area contributed by atoms with E-state index >= 15 is 0 Å². The number of benzene rings is 5. The fourth-order valence-electron chi connectivity index (χ4n) is 6.28. The van der Waals surface area contributed by atoms with Gasteiger partial charge in [-0.2, -0.15) is 0 Å². The van der Waals surface area contributed by atoms with Crippen molar-refractivity contribution in [2.75, 3.05) is 0 Å². The number of aromatic nitrogens is 5. The SMILES string of the molecule is C=C/C(=C\C=C(/C)c1nc(-c2ccc(-c3ccccc3)cc2)nc(-c2ccc(-c3cccc4cccnc34)cc2)n1)c1cccc2cccnc12. The third-order valence-corrected chi connectivity index (χ3v) is 9.00. The van der Waals surface area contributed by atoms with Gasteiger partial charge in [-0.1, -0.05) is 152 Å². The molecule has 5 aromatic carbocycles. The van der Waals surface area contributed by atoms with E-state index in [1.54, 1.807) is 0 Å². The molecular formula is C46H33N5. The zero-order valence-corrected chi connectivity index (χ0v) is 28.1. The van der Waals surface area contributed by atoms with Crippen LogP contribution in [0.25, 0.3) is 78.0 Å². The molecule has 0 amide bonds. The first-order valence-corrected chi connectivity index (χ1v) is 16.9. The molecule has 0 aliphatic heterocycles. The van der Waals surface area contributed by atoms with Gasteiger partial charge in [0.05, 0.1) is 11.0 Å². The second-order valence-corrected chi connectivity index (χ2v) is 12.3. The molecule has 8 aromatic rings. The minimum Gasteiger partial charge on any atom is -0.256 e. The van der Waals surface area contributed by atoms with E-state index in [1.807, 2.05) is 67.9 Å². The summed E-state index contributed by atoms with van der Waals surface area (Å²) in [4.78, 5) is 24.3. The van der Waals surface area contributed by atoms with E-state index in [2.05, 4.69) is 126 Å². The first-order chi connectivity index (χ1) is 25.1. The van der Waals surface area contributed by atoms with Gasteiger partial charge in [0, 0.05) is 45.4 Å². The second kappa shape index (κ2) is 13.9. The smallest absolute Gasteiger partial charge is 0.164 e. The highest BCUT2D eigenvalue weighted by Crippen LogP contribution is 2.31. The molecule has 0 unspecified atom stereocenters. The van der Waals surface area contributed by atoms with Crippen molar-refractivity contribution in [2.24, 2.45) is 0 Å². The summed E-state index contributed by atoms with van der Waals surface area (Å²) in [7, 11) is 0. The van der Waals surface area contributed by atoms with Crippen molar-refractivity contribution in [3.63, 3.8) is 0 Å². The molecule has 0 saturated carbocycles. The van der Waals surface area contributed by atoms with E-state index in [0.717, 1.165) is 71.9 Å². The predicted octanol–water partition coefficient (Wildman–Crippen LogP) is 11.3. The van der Waals surface area contributed by atoms with E-state index in [0.29, 0.717) is 17.5 Å². The van der Waals surface area contributed by atoms with Crippen molar-refractivity contribution in [2.45, 2.75) is 6.92 Å². The molecule has 3 heterocycles. The molecule has 0 aliphatic rings. The average Bonchev–Trinajstić information content (AvgIpc) is 3.21. The molecule has 5 heteroatoms. The summed E-state index contributed by atoms with van der Waals surface area (Å²) in [6, 6.07) is 47.6. The molecule has 5 nitrogen and oxygen atoms in total. The van der Waals surface area contributed by atoms with E-state index < -0.39 is 0 Å². The van der Waals surface area contributed by atoms with Crippen molar-refractivity contribution in [1.29, 1.82) is 0 Å². The lowest BCUT2D eigenvalue weighted by Crippen LogP contribution is -2.02. The van der Waals surface area contributed by atoms with Gasteiger partial charge in [-0.25, -0.2) is 15.0 Å². The maximum Gasteiger partial charge on any atom is 0.164 e. The van der Waals surface area contributed by atoms with Crippen LogP contribution >= 0.6 is 0 Å². The Morgan fingerprint density at radius 3 is 1.71 bits per heavy atom. The maximum absolute atomic E-state index is 5.00. The monoisotopic (exact) mass is 655 g/mol. The zero-order chi connectivity index (χ0) is 34.6. The molecule has 0 spiro atoms. The summed E-state index contributed by atoms with van der Waals surface area (Å²) in [5, 5.41) is 2.19. The third-order valence-electron chi connectivity index (χ3n) is 9.00. The Hall–Kier alpha value is -6.85. The summed E-state index contributed by atoms with van der Waals surface area (Å²) in [6.45, 7) is 6.13. The van der Waals surface area contributed by atoms with E-state index in [1.165, 1.54) is 0 Å². The Balaban J connectivity index is 1.20. The van der Waals surface area contributed by atoms with Crippen LogP contribution in [0.15, 0.2) is 177 Å². The van der Waals surface area contributed by atoms with Gasteiger partial charge in [-0.15, -0.1) is 0 Å². The van der Waals surface area contributed by atoms with Crippen LogP contribution in [0, 0.1) is 0 Å². The number of hydrogen-bond acceptors (Lipinski definition) is 5. The van der Waals surface area contributed by atoms with Crippen LogP contribution in [0.5, 0.6) is 0 Å². The lowest BCUT2D eigenvalue weighted by molar-refractivity contribution is 1.03. The highest BCUT2D eigenvalue weighted by Gasteiger charge is 2.14. The van der Waals surface area contributed by atoms with Gasteiger partial charge >= 0.3 is 0 Å². The number of para-hydroxylation sites is 2. The Bertz CT molecular complexity index is 2580. The molecule has 0 aliphatic carbocycles. The Labute approximate surface area is 297 Å². The Kier molecular flexibility index (Phi) is 8.59. The molecule has 0 N–H and O–H groups in total. The van der Waals surface area contributed by atoms with Gasteiger partial charge in [0.25, 0.3) is 0 Å². The highest BCUT2D eigenvalue weighted by atomic mass is 15.0. The summed E-state index contributed by atoms with van der Waals surface area (Å²) in [5.74, 6) is 1.81. The maximum atomic E-state index is 5.00. The number of nitrogens with zero attached hydrogens (tertiary/aromatic N) is 5. The molecule has 0 saturated heterocycles. The van der Waals surface area contributed by atoms with Crippen LogP contribution in [-0.4, -0.2) is 24.9 Å².